The Bertz CT molecular complexity index is 84.1. The van der Waals surface area contributed by atoms with Crippen LogP contribution < -0.4 is 10.9 Å². The Morgan fingerprint density at radius 1 is 0.278 bits per heavy atom. The van der Waals surface area contributed by atoms with Crippen molar-refractivity contribution in [3.05, 3.63) is 0 Å². The molecule has 0 bridgehead atoms. The van der Waals surface area contributed by atoms with E-state index in [4.69, 9.17) is 0 Å². The van der Waals surface area contributed by atoms with E-state index in [1.807, 2.05) is 0 Å². The van der Waals surface area contributed by atoms with Gasteiger partial charge in [-0.1, -0.05) is 77.0 Å². The lowest BCUT2D eigenvalue weighted by atomic mass is 10.0. The van der Waals surface area contributed by atoms with Gasteiger partial charge in [0.1, 0.15) is 0 Å². The number of hydrazine groups is 1. The molecule has 2 heteroatoms. The second kappa shape index (κ2) is 13.4. The summed E-state index contributed by atoms with van der Waals surface area (Å²) in [7, 11) is 0. The third-order valence-electron chi connectivity index (χ3n) is 3.98. The van der Waals surface area contributed by atoms with Crippen molar-refractivity contribution in [2.75, 3.05) is 13.1 Å². The van der Waals surface area contributed by atoms with Crippen LogP contribution in [0.5, 0.6) is 0 Å². The Labute approximate surface area is 114 Å². The average Bonchev–Trinajstić information content (AvgIpc) is 2.39. The lowest BCUT2D eigenvalue weighted by Gasteiger charge is -2.08. The fraction of sp³-hybridized carbons (Fsp3) is 1.00. The minimum Gasteiger partial charge on any atom is -0.258 e. The third kappa shape index (κ3) is 11.0. The molecular formula is C16H34N2. The molecule has 0 atom stereocenters. The first-order valence-electron chi connectivity index (χ1n) is 8.46. The molecule has 108 valence electrons. The lowest BCUT2D eigenvalue weighted by Crippen LogP contribution is -2.33. The van der Waals surface area contributed by atoms with E-state index in [-0.39, 0.29) is 0 Å². The Balaban J connectivity index is 2.00. The van der Waals surface area contributed by atoms with Crippen LogP contribution in [-0.2, 0) is 0 Å². The maximum absolute atomic E-state index is 3.34. The van der Waals surface area contributed by atoms with E-state index < -0.39 is 0 Å². The van der Waals surface area contributed by atoms with Crippen LogP contribution in [-0.4, -0.2) is 13.1 Å². The number of rotatable bonds is 0. The topological polar surface area (TPSA) is 24.1 Å². The van der Waals surface area contributed by atoms with E-state index in [1.54, 1.807) is 0 Å². The van der Waals surface area contributed by atoms with Crippen LogP contribution in [0.3, 0.4) is 0 Å². The maximum atomic E-state index is 3.34. The van der Waals surface area contributed by atoms with Gasteiger partial charge in [-0.25, -0.2) is 0 Å². The van der Waals surface area contributed by atoms with Gasteiger partial charge >= 0.3 is 0 Å². The van der Waals surface area contributed by atoms with Gasteiger partial charge in [0.25, 0.3) is 0 Å². The van der Waals surface area contributed by atoms with Crippen molar-refractivity contribution in [1.29, 1.82) is 0 Å². The lowest BCUT2D eigenvalue weighted by molar-refractivity contribution is 0.472. The highest BCUT2D eigenvalue weighted by Gasteiger charge is 1.95. The summed E-state index contributed by atoms with van der Waals surface area (Å²) in [5.41, 5.74) is 6.68. The van der Waals surface area contributed by atoms with Crippen molar-refractivity contribution < 1.29 is 0 Å². The van der Waals surface area contributed by atoms with Gasteiger partial charge in [-0.3, -0.25) is 10.9 Å². The van der Waals surface area contributed by atoms with E-state index in [0.29, 0.717) is 0 Å². The summed E-state index contributed by atoms with van der Waals surface area (Å²) < 4.78 is 0. The van der Waals surface area contributed by atoms with Gasteiger partial charge in [-0.05, 0) is 12.8 Å². The van der Waals surface area contributed by atoms with Crippen LogP contribution in [0.15, 0.2) is 0 Å². The van der Waals surface area contributed by atoms with Crippen LogP contribution >= 0.6 is 0 Å². The molecule has 1 saturated heterocycles. The molecular weight excluding hydrogens is 220 g/mol. The quantitative estimate of drug-likeness (QED) is 0.662. The number of hydrogen-bond acceptors (Lipinski definition) is 2. The molecule has 0 aliphatic carbocycles. The molecule has 0 spiro atoms. The van der Waals surface area contributed by atoms with Gasteiger partial charge in [0, 0.05) is 13.1 Å². The summed E-state index contributed by atoms with van der Waals surface area (Å²) in [6.45, 7) is 2.28. The first-order chi connectivity index (χ1) is 9.00. The molecule has 0 aromatic rings. The predicted octanol–water partition coefficient (Wildman–Crippen LogP) is 4.56. The molecule has 0 aromatic heterocycles. The SMILES string of the molecule is C1CCCCCCCCNNCCCCCCC1. The third-order valence-corrected chi connectivity index (χ3v) is 3.98. The van der Waals surface area contributed by atoms with E-state index in [2.05, 4.69) is 10.9 Å². The molecule has 0 saturated carbocycles. The van der Waals surface area contributed by atoms with Gasteiger partial charge < -0.3 is 0 Å². The van der Waals surface area contributed by atoms with Gasteiger partial charge in [0.15, 0.2) is 0 Å². The number of hydrogen-bond donors (Lipinski definition) is 2. The van der Waals surface area contributed by atoms with Gasteiger partial charge in [-0.15, -0.1) is 0 Å². The molecule has 18 heavy (non-hydrogen) atoms. The van der Waals surface area contributed by atoms with E-state index >= 15 is 0 Å². The molecule has 0 aromatic carbocycles. The zero-order valence-electron chi connectivity index (χ0n) is 12.3. The second-order valence-corrected chi connectivity index (χ2v) is 5.80. The fourth-order valence-electron chi connectivity index (χ4n) is 2.72. The summed E-state index contributed by atoms with van der Waals surface area (Å²) in [6, 6.07) is 0. The molecule has 0 unspecified atom stereocenters. The Morgan fingerprint density at radius 3 is 0.778 bits per heavy atom. The van der Waals surface area contributed by atoms with Crippen LogP contribution in [0.2, 0.25) is 0 Å². The zero-order chi connectivity index (χ0) is 12.7. The van der Waals surface area contributed by atoms with Crippen molar-refractivity contribution in [3.63, 3.8) is 0 Å². The van der Waals surface area contributed by atoms with E-state index in [0.717, 1.165) is 13.1 Å². The largest absolute Gasteiger partial charge is 0.258 e. The predicted molar refractivity (Wildman–Crippen MR) is 80.6 cm³/mol. The summed E-state index contributed by atoms with van der Waals surface area (Å²) in [5, 5.41) is 0. The monoisotopic (exact) mass is 254 g/mol. The smallest absolute Gasteiger partial charge is 0.00997 e. The molecule has 0 amide bonds. The van der Waals surface area contributed by atoms with Crippen molar-refractivity contribution in [3.8, 4) is 0 Å². The Morgan fingerprint density at radius 2 is 0.500 bits per heavy atom. The van der Waals surface area contributed by atoms with Crippen LogP contribution in [0.4, 0.5) is 0 Å². The molecule has 2 nitrogen and oxygen atoms in total. The first-order valence-corrected chi connectivity index (χ1v) is 8.46. The Hall–Kier alpha value is -0.0800. The van der Waals surface area contributed by atoms with Crippen LogP contribution in [0.25, 0.3) is 0 Å². The first kappa shape index (κ1) is 16.0. The van der Waals surface area contributed by atoms with Crippen molar-refractivity contribution in [1.82, 2.24) is 10.9 Å². The van der Waals surface area contributed by atoms with E-state index in [9.17, 15) is 0 Å². The molecule has 2 N–H and O–H groups in total. The van der Waals surface area contributed by atoms with Crippen LogP contribution in [0, 0.1) is 0 Å². The second-order valence-electron chi connectivity index (χ2n) is 5.80. The summed E-state index contributed by atoms with van der Waals surface area (Å²) in [6.07, 6.45) is 20.0. The molecule has 1 rings (SSSR count). The molecule has 1 fully saturated rings. The van der Waals surface area contributed by atoms with Gasteiger partial charge in [-0.2, -0.15) is 0 Å². The maximum Gasteiger partial charge on any atom is 0.00997 e. The van der Waals surface area contributed by atoms with Gasteiger partial charge in [0.05, 0.1) is 0 Å². The summed E-state index contributed by atoms with van der Waals surface area (Å²) in [5.74, 6) is 0. The fourth-order valence-corrected chi connectivity index (χ4v) is 2.72. The highest BCUT2D eigenvalue weighted by Crippen LogP contribution is 2.12. The normalized spacial score (nSPS) is 24.0. The van der Waals surface area contributed by atoms with Crippen LogP contribution in [0.1, 0.15) is 89.9 Å². The zero-order valence-corrected chi connectivity index (χ0v) is 12.3. The van der Waals surface area contributed by atoms with Crippen molar-refractivity contribution in [2.24, 2.45) is 0 Å². The molecule has 1 aliphatic heterocycles. The molecule has 0 radical (unpaired) electrons. The van der Waals surface area contributed by atoms with Crippen molar-refractivity contribution >= 4 is 0 Å². The van der Waals surface area contributed by atoms with Crippen molar-refractivity contribution in [2.45, 2.75) is 89.9 Å². The highest BCUT2D eigenvalue weighted by atomic mass is 15.3. The molecule has 1 aliphatic rings. The minimum absolute atomic E-state index is 1.14. The van der Waals surface area contributed by atoms with E-state index in [1.165, 1.54) is 89.9 Å². The highest BCUT2D eigenvalue weighted by molar-refractivity contribution is 4.52. The minimum atomic E-state index is 1.14. The number of nitrogens with one attached hydrogen (secondary N) is 2. The summed E-state index contributed by atoms with van der Waals surface area (Å²) in [4.78, 5) is 0. The average molecular weight is 254 g/mol. The molecule has 1 heterocycles. The Kier molecular flexibility index (Phi) is 11.9. The standard InChI is InChI=1S/C16H34N2/c1-2-4-6-8-10-12-14-16-18-17-15-13-11-9-7-5-3-1/h17-18H,1-16H2. The summed E-state index contributed by atoms with van der Waals surface area (Å²) >= 11 is 0. The van der Waals surface area contributed by atoms with Gasteiger partial charge in [0.2, 0.25) is 0 Å².